The quantitative estimate of drug-likeness (QED) is 0.389. The van der Waals surface area contributed by atoms with Gasteiger partial charge < -0.3 is 14.3 Å². The molecule has 1 amide bonds. The van der Waals surface area contributed by atoms with Gasteiger partial charge in [-0.15, -0.1) is 0 Å². The van der Waals surface area contributed by atoms with Crippen molar-refractivity contribution in [2.45, 2.75) is 26.3 Å². The maximum absolute atomic E-state index is 13.1. The Morgan fingerprint density at radius 2 is 2.14 bits per heavy atom. The van der Waals surface area contributed by atoms with Crippen LogP contribution in [0.4, 0.5) is 0 Å². The van der Waals surface area contributed by atoms with Crippen LogP contribution in [0.3, 0.4) is 0 Å². The summed E-state index contributed by atoms with van der Waals surface area (Å²) in [4.78, 5) is 30.4. The normalized spacial score (nSPS) is 11.2. The van der Waals surface area contributed by atoms with Gasteiger partial charge in [-0.3, -0.25) is 19.4 Å². The molecular formula is C21H21N5O3. The van der Waals surface area contributed by atoms with Crippen molar-refractivity contribution in [3.8, 4) is 0 Å². The Balaban J connectivity index is 1.97. The summed E-state index contributed by atoms with van der Waals surface area (Å²) < 4.78 is 8.39. The fourth-order valence-corrected chi connectivity index (χ4v) is 3.25. The van der Waals surface area contributed by atoms with E-state index in [0.29, 0.717) is 23.6 Å². The highest BCUT2D eigenvalue weighted by atomic mass is 16.3. The molecule has 4 heterocycles. The second kappa shape index (κ2) is 7.75. The lowest BCUT2D eigenvalue weighted by atomic mass is 10.2. The second-order valence-corrected chi connectivity index (χ2v) is 6.76. The number of nitrogens with zero attached hydrogens (tertiary/aromatic N) is 3. The Morgan fingerprint density at radius 3 is 2.90 bits per heavy atom. The molecule has 0 radical (unpaired) electrons. The molecule has 0 bridgehead atoms. The van der Waals surface area contributed by atoms with Crippen LogP contribution in [0, 0.1) is 5.41 Å². The monoisotopic (exact) mass is 391 g/mol. The van der Waals surface area contributed by atoms with Gasteiger partial charge in [-0.1, -0.05) is 19.4 Å². The molecule has 0 aliphatic rings. The number of carbonyl (C=O) groups is 1. The van der Waals surface area contributed by atoms with E-state index in [0.717, 1.165) is 12.8 Å². The number of carbonyl (C=O) groups excluding carboxylic acids is 1. The topological polar surface area (TPSA) is 105 Å². The van der Waals surface area contributed by atoms with E-state index in [1.165, 1.54) is 15.0 Å². The van der Waals surface area contributed by atoms with E-state index in [-0.39, 0.29) is 34.4 Å². The number of nitrogens with one attached hydrogen (secondary N) is 2. The average molecular weight is 391 g/mol. The highest BCUT2D eigenvalue weighted by Crippen LogP contribution is 2.12. The molecule has 0 atom stereocenters. The third-order valence-electron chi connectivity index (χ3n) is 4.77. The third-order valence-corrected chi connectivity index (χ3v) is 4.77. The first-order valence-electron chi connectivity index (χ1n) is 9.50. The van der Waals surface area contributed by atoms with Crippen molar-refractivity contribution in [2.24, 2.45) is 0 Å². The smallest absolute Gasteiger partial charge is 0.267 e. The van der Waals surface area contributed by atoms with Crippen LogP contribution < -0.4 is 16.4 Å². The first-order valence-corrected chi connectivity index (χ1v) is 9.50. The van der Waals surface area contributed by atoms with Crippen LogP contribution in [0.1, 0.15) is 35.9 Å². The SMILES string of the molecule is CCCCNC(=O)c1cc2c(=O)n3ccccc3nc2n(Cc2ccco2)c1=N. The molecule has 2 N–H and O–H groups in total. The Morgan fingerprint density at radius 1 is 1.28 bits per heavy atom. The Kier molecular flexibility index (Phi) is 4.99. The minimum atomic E-state index is -0.379. The maximum atomic E-state index is 13.1. The van der Waals surface area contributed by atoms with Crippen LogP contribution in [0.2, 0.25) is 0 Å². The molecule has 0 aromatic carbocycles. The van der Waals surface area contributed by atoms with Crippen LogP contribution in [-0.4, -0.2) is 26.4 Å². The first-order chi connectivity index (χ1) is 14.1. The van der Waals surface area contributed by atoms with E-state index in [1.54, 1.807) is 42.8 Å². The van der Waals surface area contributed by atoms with E-state index < -0.39 is 0 Å². The first kappa shape index (κ1) is 18.7. The minimum absolute atomic E-state index is 0.0184. The summed E-state index contributed by atoms with van der Waals surface area (Å²) in [6, 6.07) is 10.3. The molecule has 29 heavy (non-hydrogen) atoms. The zero-order valence-corrected chi connectivity index (χ0v) is 16.0. The summed E-state index contributed by atoms with van der Waals surface area (Å²) in [5, 5.41) is 11.7. The van der Waals surface area contributed by atoms with E-state index in [2.05, 4.69) is 10.3 Å². The molecule has 4 rings (SSSR count). The summed E-state index contributed by atoms with van der Waals surface area (Å²) >= 11 is 0. The zero-order valence-electron chi connectivity index (χ0n) is 16.0. The van der Waals surface area contributed by atoms with Crippen LogP contribution in [0.5, 0.6) is 0 Å². The van der Waals surface area contributed by atoms with Gasteiger partial charge in [0.1, 0.15) is 22.5 Å². The number of aromatic nitrogens is 3. The lowest BCUT2D eigenvalue weighted by molar-refractivity contribution is 0.0950. The van der Waals surface area contributed by atoms with Gasteiger partial charge in [0.15, 0.2) is 0 Å². The number of pyridine rings is 2. The van der Waals surface area contributed by atoms with E-state index in [4.69, 9.17) is 9.83 Å². The number of unbranched alkanes of at least 4 members (excludes halogenated alkanes) is 1. The van der Waals surface area contributed by atoms with Crippen molar-refractivity contribution in [2.75, 3.05) is 6.54 Å². The molecule has 4 aromatic heterocycles. The Hall–Kier alpha value is -3.68. The molecule has 0 saturated carbocycles. The van der Waals surface area contributed by atoms with Crippen LogP contribution in [-0.2, 0) is 6.54 Å². The number of fused-ring (bicyclic) bond motifs is 2. The number of hydrogen-bond donors (Lipinski definition) is 2. The van der Waals surface area contributed by atoms with Crippen LogP contribution in [0.15, 0.2) is 58.1 Å². The second-order valence-electron chi connectivity index (χ2n) is 6.76. The van der Waals surface area contributed by atoms with Gasteiger partial charge in [0, 0.05) is 12.7 Å². The average Bonchev–Trinajstić information content (AvgIpc) is 3.24. The van der Waals surface area contributed by atoms with Gasteiger partial charge >= 0.3 is 0 Å². The molecule has 0 aliphatic carbocycles. The Bertz CT molecular complexity index is 1300. The summed E-state index contributed by atoms with van der Waals surface area (Å²) in [7, 11) is 0. The summed E-state index contributed by atoms with van der Waals surface area (Å²) in [5.74, 6) is 0.222. The summed E-state index contributed by atoms with van der Waals surface area (Å²) in [5.41, 5.74) is 0.636. The molecule has 0 fully saturated rings. The highest BCUT2D eigenvalue weighted by molar-refractivity contribution is 5.96. The lowest BCUT2D eigenvalue weighted by Gasteiger charge is -2.14. The third kappa shape index (κ3) is 3.44. The molecule has 0 unspecified atom stereocenters. The molecule has 4 aromatic rings. The molecule has 148 valence electrons. The standard InChI is InChI=1S/C21H21N5O3/c1-2-3-9-23-20(27)15-12-16-19(24-17-8-4-5-10-25(17)21(16)28)26(18(15)22)13-14-7-6-11-29-14/h4-8,10-12,22H,2-3,9,13H2,1H3,(H,23,27). The summed E-state index contributed by atoms with van der Waals surface area (Å²) in [6.45, 7) is 2.74. The molecule has 0 saturated heterocycles. The predicted octanol–water partition coefficient (Wildman–Crippen LogP) is 2.30. The lowest BCUT2D eigenvalue weighted by Crippen LogP contribution is -2.35. The van der Waals surface area contributed by atoms with Crippen molar-refractivity contribution in [3.63, 3.8) is 0 Å². The van der Waals surface area contributed by atoms with Crippen molar-refractivity contribution in [1.82, 2.24) is 19.3 Å². The van der Waals surface area contributed by atoms with Gasteiger partial charge in [-0.25, -0.2) is 4.98 Å². The van der Waals surface area contributed by atoms with Gasteiger partial charge in [0.05, 0.1) is 23.8 Å². The van der Waals surface area contributed by atoms with E-state index in [1.807, 2.05) is 6.92 Å². The van der Waals surface area contributed by atoms with Crippen molar-refractivity contribution >= 4 is 22.6 Å². The molecular weight excluding hydrogens is 370 g/mol. The number of rotatable bonds is 6. The van der Waals surface area contributed by atoms with Gasteiger partial charge in [-0.05, 0) is 36.8 Å². The van der Waals surface area contributed by atoms with Gasteiger partial charge in [0.25, 0.3) is 11.5 Å². The number of amides is 1. The van der Waals surface area contributed by atoms with Crippen molar-refractivity contribution < 1.29 is 9.21 Å². The summed E-state index contributed by atoms with van der Waals surface area (Å²) in [6.07, 6.45) is 4.96. The van der Waals surface area contributed by atoms with E-state index in [9.17, 15) is 9.59 Å². The largest absolute Gasteiger partial charge is 0.467 e. The molecule has 0 spiro atoms. The Labute approximate surface area is 165 Å². The zero-order chi connectivity index (χ0) is 20.4. The molecule has 8 nitrogen and oxygen atoms in total. The van der Waals surface area contributed by atoms with Crippen LogP contribution in [0.25, 0.3) is 16.7 Å². The maximum Gasteiger partial charge on any atom is 0.267 e. The minimum Gasteiger partial charge on any atom is -0.467 e. The fraction of sp³-hybridized carbons (Fsp3) is 0.238. The van der Waals surface area contributed by atoms with Crippen molar-refractivity contribution in [3.05, 3.63) is 76.0 Å². The van der Waals surface area contributed by atoms with Crippen LogP contribution >= 0.6 is 0 Å². The fourth-order valence-electron chi connectivity index (χ4n) is 3.25. The number of hydrogen-bond acceptors (Lipinski definition) is 5. The highest BCUT2D eigenvalue weighted by Gasteiger charge is 2.18. The van der Waals surface area contributed by atoms with Gasteiger partial charge in [-0.2, -0.15) is 0 Å². The molecule has 8 heteroatoms. The van der Waals surface area contributed by atoms with Gasteiger partial charge in [0.2, 0.25) is 0 Å². The van der Waals surface area contributed by atoms with E-state index >= 15 is 0 Å². The number of furan rings is 1. The molecule has 0 aliphatic heterocycles. The predicted molar refractivity (Wildman–Crippen MR) is 108 cm³/mol. The van der Waals surface area contributed by atoms with Crippen molar-refractivity contribution in [1.29, 1.82) is 5.41 Å².